The Balaban J connectivity index is 1.57. The summed E-state index contributed by atoms with van der Waals surface area (Å²) in [5.41, 5.74) is 2.13. The van der Waals surface area contributed by atoms with Gasteiger partial charge in [-0.2, -0.15) is 5.10 Å². The number of likely N-dealkylation sites (tertiary alicyclic amines) is 1. The molecule has 0 bridgehead atoms. The van der Waals surface area contributed by atoms with Crippen molar-refractivity contribution in [1.29, 1.82) is 0 Å². The number of thiophene rings is 1. The van der Waals surface area contributed by atoms with Gasteiger partial charge in [0.2, 0.25) is 5.72 Å². The zero-order chi connectivity index (χ0) is 17.7. The normalized spacial score (nSPS) is 24.2. The number of hydrazone groups is 1. The number of piperidine rings is 1. The number of ether oxygens (including phenoxy) is 1. The van der Waals surface area contributed by atoms with Crippen LogP contribution in [0.5, 0.6) is 5.75 Å². The van der Waals surface area contributed by atoms with Crippen LogP contribution in [0.2, 0.25) is 0 Å². The molecule has 6 heteroatoms. The van der Waals surface area contributed by atoms with Crippen LogP contribution in [0.3, 0.4) is 0 Å². The molecule has 1 saturated heterocycles. The van der Waals surface area contributed by atoms with E-state index in [9.17, 15) is 0 Å². The standard InChI is InChI=1S/C20H22BrN3OS/c1-2-23-9-7-20(8-10-23)24-17(13-16(22-24)19-4-3-11-26-19)15-12-14(21)5-6-18(15)25-20/h3-6,11-12,17H,2,7-10,13H2,1H3/t17-/m1/s1. The maximum atomic E-state index is 6.66. The predicted molar refractivity (Wildman–Crippen MR) is 109 cm³/mol. The number of hydrogen-bond donors (Lipinski definition) is 0. The highest BCUT2D eigenvalue weighted by Gasteiger charge is 2.51. The van der Waals surface area contributed by atoms with Crippen LogP contribution in [0.25, 0.3) is 0 Å². The SMILES string of the molecule is CCN1CCC2(CC1)Oc1ccc(Br)cc1[C@H]1CC(c3cccs3)=NN12. The van der Waals surface area contributed by atoms with Gasteiger partial charge in [-0.1, -0.05) is 28.9 Å². The molecule has 0 N–H and O–H groups in total. The van der Waals surface area contributed by atoms with E-state index in [1.54, 1.807) is 11.3 Å². The summed E-state index contributed by atoms with van der Waals surface area (Å²) in [6.45, 7) is 5.47. The molecule has 2 aromatic rings. The van der Waals surface area contributed by atoms with Crippen molar-refractivity contribution in [2.75, 3.05) is 19.6 Å². The molecule has 0 aliphatic carbocycles. The molecule has 3 aliphatic heterocycles. The zero-order valence-corrected chi connectivity index (χ0v) is 17.2. The van der Waals surface area contributed by atoms with E-state index in [1.165, 1.54) is 16.2 Å². The second-order valence-corrected chi connectivity index (χ2v) is 9.12. The lowest BCUT2D eigenvalue weighted by Gasteiger charge is -2.51. The summed E-state index contributed by atoms with van der Waals surface area (Å²) in [6.07, 6.45) is 2.94. The van der Waals surface area contributed by atoms with Crippen LogP contribution in [0.15, 0.2) is 45.3 Å². The lowest BCUT2D eigenvalue weighted by molar-refractivity contribution is -0.149. The van der Waals surface area contributed by atoms with E-state index in [0.29, 0.717) is 0 Å². The first-order valence-electron chi connectivity index (χ1n) is 9.30. The number of nitrogens with zero attached hydrogens (tertiary/aromatic N) is 3. The Hall–Kier alpha value is -1.37. The van der Waals surface area contributed by atoms with Gasteiger partial charge in [0.05, 0.1) is 16.6 Å². The van der Waals surface area contributed by atoms with E-state index in [0.717, 1.165) is 49.1 Å². The van der Waals surface area contributed by atoms with Gasteiger partial charge >= 0.3 is 0 Å². The summed E-state index contributed by atoms with van der Waals surface area (Å²) in [4.78, 5) is 3.78. The molecule has 0 unspecified atom stereocenters. The van der Waals surface area contributed by atoms with Crippen molar-refractivity contribution >= 4 is 33.0 Å². The number of fused-ring (bicyclic) bond motifs is 4. The van der Waals surface area contributed by atoms with Crippen LogP contribution < -0.4 is 4.74 Å². The Morgan fingerprint density at radius 2 is 2.15 bits per heavy atom. The first-order valence-corrected chi connectivity index (χ1v) is 11.0. The Labute approximate surface area is 166 Å². The number of halogens is 1. The van der Waals surface area contributed by atoms with Crippen LogP contribution >= 0.6 is 27.3 Å². The van der Waals surface area contributed by atoms with E-state index in [4.69, 9.17) is 9.84 Å². The smallest absolute Gasteiger partial charge is 0.200 e. The maximum Gasteiger partial charge on any atom is 0.200 e. The van der Waals surface area contributed by atoms with Gasteiger partial charge in [-0.25, -0.2) is 5.01 Å². The minimum atomic E-state index is -0.309. The van der Waals surface area contributed by atoms with Crippen LogP contribution in [0.1, 0.15) is 42.7 Å². The lowest BCUT2D eigenvalue weighted by atomic mass is 9.91. The minimum absolute atomic E-state index is 0.265. The lowest BCUT2D eigenvalue weighted by Crippen LogP contribution is -2.59. The number of hydrogen-bond acceptors (Lipinski definition) is 5. The third kappa shape index (κ3) is 2.62. The van der Waals surface area contributed by atoms with Crippen LogP contribution in [0, 0.1) is 0 Å². The van der Waals surface area contributed by atoms with Gasteiger partial charge < -0.3 is 9.64 Å². The van der Waals surface area contributed by atoms with E-state index < -0.39 is 0 Å². The minimum Gasteiger partial charge on any atom is -0.466 e. The quantitative estimate of drug-likeness (QED) is 0.678. The van der Waals surface area contributed by atoms with Crippen molar-refractivity contribution in [3.8, 4) is 5.75 Å². The summed E-state index contributed by atoms with van der Waals surface area (Å²) in [5.74, 6) is 1.03. The fourth-order valence-electron chi connectivity index (χ4n) is 4.39. The fraction of sp³-hybridized carbons (Fsp3) is 0.450. The topological polar surface area (TPSA) is 28.1 Å². The van der Waals surface area contributed by atoms with Gasteiger partial charge in [0.1, 0.15) is 5.75 Å². The van der Waals surface area contributed by atoms with Crippen molar-refractivity contribution in [2.24, 2.45) is 5.10 Å². The molecule has 1 aromatic carbocycles. The third-order valence-electron chi connectivity index (χ3n) is 5.85. The molecule has 3 aliphatic rings. The molecule has 0 amide bonds. The molecular weight excluding hydrogens is 410 g/mol. The molecule has 4 nitrogen and oxygen atoms in total. The van der Waals surface area contributed by atoms with Gasteiger partial charge in [0, 0.05) is 42.4 Å². The van der Waals surface area contributed by atoms with Gasteiger partial charge in [0.15, 0.2) is 0 Å². The van der Waals surface area contributed by atoms with Crippen molar-refractivity contribution in [1.82, 2.24) is 9.91 Å². The van der Waals surface area contributed by atoms with E-state index in [-0.39, 0.29) is 11.8 Å². The van der Waals surface area contributed by atoms with Crippen molar-refractivity contribution in [2.45, 2.75) is 38.0 Å². The van der Waals surface area contributed by atoms with E-state index in [1.807, 2.05) is 0 Å². The summed E-state index contributed by atoms with van der Waals surface area (Å²) < 4.78 is 7.76. The second-order valence-electron chi connectivity index (χ2n) is 7.25. The summed E-state index contributed by atoms with van der Waals surface area (Å²) in [5, 5.41) is 9.54. The predicted octanol–water partition coefficient (Wildman–Crippen LogP) is 4.87. The molecule has 1 spiro atoms. The number of benzene rings is 1. The Morgan fingerprint density at radius 3 is 2.88 bits per heavy atom. The highest BCUT2D eigenvalue weighted by Crippen LogP contribution is 2.50. The van der Waals surface area contributed by atoms with E-state index >= 15 is 0 Å². The summed E-state index contributed by atoms with van der Waals surface area (Å²) in [6, 6.07) is 11.0. The van der Waals surface area contributed by atoms with E-state index in [2.05, 4.69) is 68.5 Å². The average molecular weight is 432 g/mol. The molecular formula is C20H22BrN3OS. The van der Waals surface area contributed by atoms with Gasteiger partial charge in [0.25, 0.3) is 0 Å². The highest BCUT2D eigenvalue weighted by molar-refractivity contribution is 9.10. The molecule has 4 heterocycles. The van der Waals surface area contributed by atoms with Crippen LogP contribution in [-0.2, 0) is 0 Å². The molecule has 5 rings (SSSR count). The number of rotatable bonds is 2. The summed E-state index contributed by atoms with van der Waals surface area (Å²) in [7, 11) is 0. The highest BCUT2D eigenvalue weighted by atomic mass is 79.9. The van der Waals surface area contributed by atoms with Crippen molar-refractivity contribution in [3.63, 3.8) is 0 Å². The third-order valence-corrected chi connectivity index (χ3v) is 7.26. The molecule has 136 valence electrons. The Bertz CT molecular complexity index is 843. The fourth-order valence-corrected chi connectivity index (χ4v) is 5.49. The Morgan fingerprint density at radius 1 is 1.31 bits per heavy atom. The molecule has 1 atom stereocenters. The molecule has 0 radical (unpaired) electrons. The van der Waals surface area contributed by atoms with Gasteiger partial charge in [-0.05, 0) is 36.2 Å². The zero-order valence-electron chi connectivity index (χ0n) is 14.8. The largest absolute Gasteiger partial charge is 0.466 e. The van der Waals surface area contributed by atoms with Crippen LogP contribution in [-0.4, -0.2) is 41.0 Å². The van der Waals surface area contributed by atoms with Crippen LogP contribution in [0.4, 0.5) is 0 Å². The first-order chi connectivity index (χ1) is 12.7. The summed E-state index contributed by atoms with van der Waals surface area (Å²) >= 11 is 5.40. The van der Waals surface area contributed by atoms with Gasteiger partial charge in [-0.3, -0.25) is 0 Å². The van der Waals surface area contributed by atoms with Gasteiger partial charge in [-0.15, -0.1) is 11.3 Å². The van der Waals surface area contributed by atoms with Crippen molar-refractivity contribution < 1.29 is 4.74 Å². The first kappa shape index (κ1) is 16.8. The van der Waals surface area contributed by atoms with Crippen molar-refractivity contribution in [3.05, 3.63) is 50.6 Å². The molecule has 1 aromatic heterocycles. The Kier molecular flexibility index (Phi) is 4.10. The molecule has 26 heavy (non-hydrogen) atoms. The molecule has 1 fully saturated rings. The monoisotopic (exact) mass is 431 g/mol. The average Bonchev–Trinajstić information content (AvgIpc) is 3.33. The maximum absolute atomic E-state index is 6.66. The second kappa shape index (κ2) is 6.36. The molecule has 0 saturated carbocycles.